The number of nitrogens with one attached hydrogen (secondary N) is 1. The molecule has 0 radical (unpaired) electrons. The summed E-state index contributed by atoms with van der Waals surface area (Å²) in [6, 6.07) is 6.60. The van der Waals surface area contributed by atoms with Gasteiger partial charge in [-0.2, -0.15) is 0 Å². The van der Waals surface area contributed by atoms with E-state index in [-0.39, 0.29) is 5.82 Å². The molecule has 3 heteroatoms. The molecule has 0 atom stereocenters. The van der Waals surface area contributed by atoms with E-state index in [0.717, 1.165) is 44.7 Å². The highest BCUT2D eigenvalue weighted by Crippen LogP contribution is 2.05. The number of nitrogens with zero attached hydrogens (tertiary/aromatic N) is 1. The van der Waals surface area contributed by atoms with Crippen molar-refractivity contribution in [2.75, 3.05) is 32.7 Å². The molecule has 0 bridgehead atoms. The fourth-order valence-electron chi connectivity index (χ4n) is 1.99. The molecule has 0 unspecified atom stereocenters. The average molecular weight is 234 g/mol. The van der Waals surface area contributed by atoms with Crippen molar-refractivity contribution in [3.63, 3.8) is 0 Å². The number of hydrogen-bond acceptors (Lipinski definition) is 2. The van der Waals surface area contributed by atoms with Crippen LogP contribution in [-0.2, 0) is 0 Å². The highest BCUT2D eigenvalue weighted by atomic mass is 19.1. The van der Waals surface area contributed by atoms with Crippen LogP contribution >= 0.6 is 0 Å². The highest BCUT2D eigenvalue weighted by Gasteiger charge is 2.06. The molecule has 0 spiro atoms. The molecule has 1 saturated heterocycles. The van der Waals surface area contributed by atoms with Gasteiger partial charge < -0.3 is 10.2 Å². The molecular formula is C14H19FN2. The van der Waals surface area contributed by atoms with Gasteiger partial charge in [-0.1, -0.05) is 24.3 Å². The Hall–Kier alpha value is -1.19. The Morgan fingerprint density at radius 2 is 1.88 bits per heavy atom. The molecule has 2 rings (SSSR count). The van der Waals surface area contributed by atoms with E-state index in [0.29, 0.717) is 0 Å². The van der Waals surface area contributed by atoms with Crippen LogP contribution in [0, 0.1) is 5.82 Å². The van der Waals surface area contributed by atoms with Crippen LogP contribution in [0.25, 0.3) is 6.08 Å². The van der Waals surface area contributed by atoms with Gasteiger partial charge in [0.2, 0.25) is 0 Å². The van der Waals surface area contributed by atoms with Crippen LogP contribution in [0.5, 0.6) is 0 Å². The summed E-state index contributed by atoms with van der Waals surface area (Å²) < 4.78 is 12.7. The van der Waals surface area contributed by atoms with Gasteiger partial charge in [0, 0.05) is 32.7 Å². The highest BCUT2D eigenvalue weighted by molar-refractivity contribution is 5.48. The minimum absolute atomic E-state index is 0.178. The quantitative estimate of drug-likeness (QED) is 0.858. The van der Waals surface area contributed by atoms with Crippen molar-refractivity contribution < 1.29 is 4.39 Å². The molecule has 2 nitrogen and oxygen atoms in total. The predicted octanol–water partition coefficient (Wildman–Crippen LogP) is 2.13. The first-order chi connectivity index (χ1) is 8.34. The number of benzene rings is 1. The van der Waals surface area contributed by atoms with E-state index >= 15 is 0 Å². The second kappa shape index (κ2) is 6.52. The Kier molecular flexibility index (Phi) is 4.71. The number of piperazine rings is 1. The molecule has 1 aliphatic heterocycles. The van der Waals surface area contributed by atoms with Crippen LogP contribution in [0.15, 0.2) is 30.3 Å². The predicted molar refractivity (Wildman–Crippen MR) is 69.4 cm³/mol. The molecule has 0 aliphatic carbocycles. The smallest absolute Gasteiger partial charge is 0.123 e. The van der Waals surface area contributed by atoms with Gasteiger partial charge in [-0.25, -0.2) is 4.39 Å². The van der Waals surface area contributed by atoms with Crippen molar-refractivity contribution in [1.82, 2.24) is 10.2 Å². The molecule has 1 heterocycles. The van der Waals surface area contributed by atoms with Gasteiger partial charge in [0.25, 0.3) is 0 Å². The van der Waals surface area contributed by atoms with Crippen molar-refractivity contribution in [3.8, 4) is 0 Å². The van der Waals surface area contributed by atoms with E-state index in [9.17, 15) is 4.39 Å². The van der Waals surface area contributed by atoms with Gasteiger partial charge >= 0.3 is 0 Å². The second-order valence-electron chi connectivity index (χ2n) is 4.33. The van der Waals surface area contributed by atoms with Crippen LogP contribution in [0.1, 0.15) is 12.0 Å². The zero-order valence-electron chi connectivity index (χ0n) is 10.0. The van der Waals surface area contributed by atoms with Crippen LogP contribution in [0.3, 0.4) is 0 Å². The fourth-order valence-corrected chi connectivity index (χ4v) is 1.99. The summed E-state index contributed by atoms with van der Waals surface area (Å²) in [6.07, 6.45) is 5.27. The molecule has 1 fully saturated rings. The summed E-state index contributed by atoms with van der Waals surface area (Å²) >= 11 is 0. The zero-order valence-corrected chi connectivity index (χ0v) is 10.0. The van der Waals surface area contributed by atoms with Gasteiger partial charge in [-0.3, -0.25) is 0 Å². The summed E-state index contributed by atoms with van der Waals surface area (Å²) in [6.45, 7) is 5.59. The van der Waals surface area contributed by atoms with Crippen LogP contribution in [0.4, 0.5) is 4.39 Å². The summed E-state index contributed by atoms with van der Waals surface area (Å²) in [5, 5.41) is 3.34. The van der Waals surface area contributed by atoms with E-state index in [1.165, 1.54) is 12.1 Å². The van der Waals surface area contributed by atoms with Gasteiger partial charge in [0.1, 0.15) is 5.82 Å². The SMILES string of the molecule is Fc1ccc(/C=C/CCN2CCNCC2)cc1. The molecule has 92 valence electrons. The Morgan fingerprint density at radius 3 is 2.59 bits per heavy atom. The third kappa shape index (κ3) is 4.29. The van der Waals surface area contributed by atoms with Crippen molar-refractivity contribution in [1.29, 1.82) is 0 Å². The summed E-state index contributed by atoms with van der Waals surface area (Å²) in [4.78, 5) is 2.46. The van der Waals surface area contributed by atoms with E-state index in [1.807, 2.05) is 0 Å². The summed E-state index contributed by atoms with van der Waals surface area (Å²) in [5.41, 5.74) is 1.06. The Labute approximate surface area is 102 Å². The second-order valence-corrected chi connectivity index (χ2v) is 4.33. The van der Waals surface area contributed by atoms with Crippen molar-refractivity contribution in [2.45, 2.75) is 6.42 Å². The van der Waals surface area contributed by atoms with Gasteiger partial charge in [-0.05, 0) is 24.1 Å². The van der Waals surface area contributed by atoms with Crippen LogP contribution < -0.4 is 5.32 Å². The third-order valence-electron chi connectivity index (χ3n) is 3.00. The Balaban J connectivity index is 1.72. The summed E-state index contributed by atoms with van der Waals surface area (Å²) in [5.74, 6) is -0.178. The van der Waals surface area contributed by atoms with Gasteiger partial charge in [-0.15, -0.1) is 0 Å². The first-order valence-electron chi connectivity index (χ1n) is 6.20. The van der Waals surface area contributed by atoms with Crippen molar-refractivity contribution in [2.24, 2.45) is 0 Å². The van der Waals surface area contributed by atoms with Crippen molar-refractivity contribution >= 4 is 6.08 Å². The van der Waals surface area contributed by atoms with Gasteiger partial charge in [0.15, 0.2) is 0 Å². The van der Waals surface area contributed by atoms with E-state index in [2.05, 4.69) is 22.4 Å². The molecule has 0 aromatic heterocycles. The molecule has 1 N–H and O–H groups in total. The van der Waals surface area contributed by atoms with E-state index < -0.39 is 0 Å². The molecule has 17 heavy (non-hydrogen) atoms. The summed E-state index contributed by atoms with van der Waals surface area (Å²) in [7, 11) is 0. The molecule has 0 amide bonds. The molecule has 1 aromatic carbocycles. The first-order valence-corrected chi connectivity index (χ1v) is 6.20. The topological polar surface area (TPSA) is 15.3 Å². The maximum Gasteiger partial charge on any atom is 0.123 e. The maximum absolute atomic E-state index is 12.7. The van der Waals surface area contributed by atoms with Crippen molar-refractivity contribution in [3.05, 3.63) is 41.7 Å². The fraction of sp³-hybridized carbons (Fsp3) is 0.429. The number of rotatable bonds is 4. The Morgan fingerprint density at radius 1 is 1.18 bits per heavy atom. The zero-order chi connectivity index (χ0) is 11.9. The molecule has 0 saturated carbocycles. The first kappa shape index (κ1) is 12.3. The largest absolute Gasteiger partial charge is 0.314 e. The number of hydrogen-bond donors (Lipinski definition) is 1. The van der Waals surface area contributed by atoms with Crippen LogP contribution in [0.2, 0.25) is 0 Å². The lowest BCUT2D eigenvalue weighted by molar-refractivity contribution is 0.245. The normalized spacial score (nSPS) is 17.7. The van der Waals surface area contributed by atoms with Crippen LogP contribution in [-0.4, -0.2) is 37.6 Å². The standard InChI is InChI=1S/C14H19FN2/c15-14-6-4-13(5-7-14)3-1-2-10-17-11-8-16-9-12-17/h1,3-7,16H,2,8-12H2/b3-1+. The molecule has 1 aromatic rings. The third-order valence-corrected chi connectivity index (χ3v) is 3.00. The Bertz CT molecular complexity index is 353. The average Bonchev–Trinajstić information content (AvgIpc) is 2.38. The monoisotopic (exact) mass is 234 g/mol. The minimum Gasteiger partial charge on any atom is -0.314 e. The molecular weight excluding hydrogens is 215 g/mol. The lowest BCUT2D eigenvalue weighted by Gasteiger charge is -2.26. The lowest BCUT2D eigenvalue weighted by atomic mass is 10.2. The molecule has 1 aliphatic rings. The van der Waals surface area contributed by atoms with E-state index in [4.69, 9.17) is 0 Å². The minimum atomic E-state index is -0.178. The number of halogens is 1. The van der Waals surface area contributed by atoms with Gasteiger partial charge in [0.05, 0.1) is 0 Å². The van der Waals surface area contributed by atoms with E-state index in [1.54, 1.807) is 12.1 Å². The lowest BCUT2D eigenvalue weighted by Crippen LogP contribution is -2.43. The maximum atomic E-state index is 12.7.